The Kier molecular flexibility index (Phi) is 3.29. The summed E-state index contributed by atoms with van der Waals surface area (Å²) in [6.07, 6.45) is 3.15. The van der Waals surface area contributed by atoms with E-state index in [1.807, 2.05) is 31.2 Å². The molecule has 0 radical (unpaired) electrons. The monoisotopic (exact) mass is 258 g/mol. The molecule has 2 nitrogen and oxygen atoms in total. The quantitative estimate of drug-likeness (QED) is 0.861. The molecule has 19 heavy (non-hydrogen) atoms. The Hall–Kier alpha value is -1.57. The minimum atomic E-state index is -0.518. The fraction of sp³-hybridized carbons (Fsp3) is 0.471. The van der Waals surface area contributed by atoms with Gasteiger partial charge in [-0.15, -0.1) is 0 Å². The first-order valence-electron chi connectivity index (χ1n) is 6.79. The number of aliphatic hydroxyl groups is 1. The molecular weight excluding hydrogens is 236 g/mol. The Morgan fingerprint density at radius 2 is 1.84 bits per heavy atom. The first kappa shape index (κ1) is 13.9. The molecule has 0 bridgehead atoms. The van der Waals surface area contributed by atoms with Crippen LogP contribution in [-0.2, 0) is 10.2 Å². The number of ketones is 1. The average Bonchev–Trinajstić information content (AvgIpc) is 2.33. The summed E-state index contributed by atoms with van der Waals surface area (Å²) in [5, 5.41) is 9.93. The highest BCUT2D eigenvalue weighted by Gasteiger charge is 2.39. The van der Waals surface area contributed by atoms with Gasteiger partial charge in [-0.2, -0.15) is 0 Å². The van der Waals surface area contributed by atoms with Crippen LogP contribution in [0.3, 0.4) is 0 Å². The molecule has 1 aromatic carbocycles. The van der Waals surface area contributed by atoms with Gasteiger partial charge in [-0.05, 0) is 30.7 Å². The highest BCUT2D eigenvalue weighted by molar-refractivity contribution is 6.06. The first-order valence-corrected chi connectivity index (χ1v) is 6.79. The molecule has 1 aliphatic carbocycles. The summed E-state index contributed by atoms with van der Waals surface area (Å²) < 4.78 is 0. The summed E-state index contributed by atoms with van der Waals surface area (Å²) in [5.74, 6) is 0.0989. The van der Waals surface area contributed by atoms with Crippen LogP contribution in [0.4, 0.5) is 0 Å². The van der Waals surface area contributed by atoms with E-state index in [1.54, 1.807) is 0 Å². The molecule has 0 aromatic heterocycles. The maximum absolute atomic E-state index is 12.4. The van der Waals surface area contributed by atoms with Crippen molar-refractivity contribution in [3.05, 3.63) is 41.5 Å². The lowest BCUT2D eigenvalue weighted by Crippen LogP contribution is -2.36. The van der Waals surface area contributed by atoms with Gasteiger partial charge in [-0.1, -0.05) is 45.0 Å². The van der Waals surface area contributed by atoms with E-state index in [9.17, 15) is 9.90 Å². The fourth-order valence-corrected chi connectivity index (χ4v) is 2.56. The Bertz CT molecular complexity index is 534. The van der Waals surface area contributed by atoms with Crippen molar-refractivity contribution >= 4 is 11.5 Å². The van der Waals surface area contributed by atoms with Gasteiger partial charge >= 0.3 is 0 Å². The molecule has 2 heteroatoms. The second-order valence-corrected chi connectivity index (χ2v) is 6.83. The van der Waals surface area contributed by atoms with Crippen molar-refractivity contribution < 1.29 is 9.90 Å². The maximum atomic E-state index is 12.4. The molecule has 1 N–H and O–H groups in total. The Morgan fingerprint density at radius 3 is 2.47 bits per heavy atom. The van der Waals surface area contributed by atoms with Crippen LogP contribution in [0.5, 0.6) is 0 Å². The number of carbonyl (C=O) groups is 1. The maximum Gasteiger partial charge on any atom is 0.169 e. The van der Waals surface area contributed by atoms with Gasteiger partial charge in [0.25, 0.3) is 0 Å². The standard InChI is InChI=1S/C17H22O2/c1-16(2,3)9-10-17(4)13-8-6-5-7-12(13)14(18)11-15(17)19/h5-8,11,18H,9-10H2,1-4H3. The van der Waals surface area contributed by atoms with Crippen molar-refractivity contribution in [1.29, 1.82) is 0 Å². The molecule has 1 unspecified atom stereocenters. The minimum absolute atomic E-state index is 0.00736. The molecule has 0 spiro atoms. The van der Waals surface area contributed by atoms with Gasteiger partial charge in [0.2, 0.25) is 0 Å². The third-order valence-corrected chi connectivity index (χ3v) is 3.98. The molecule has 102 valence electrons. The summed E-state index contributed by atoms with van der Waals surface area (Å²) >= 11 is 0. The van der Waals surface area contributed by atoms with Crippen LogP contribution in [0.15, 0.2) is 30.3 Å². The topological polar surface area (TPSA) is 37.3 Å². The molecule has 0 amide bonds. The lowest BCUT2D eigenvalue weighted by Gasteiger charge is -2.34. The summed E-state index contributed by atoms with van der Waals surface area (Å²) in [4.78, 5) is 12.4. The van der Waals surface area contributed by atoms with E-state index in [1.165, 1.54) is 6.08 Å². The molecule has 1 atom stereocenters. The molecule has 0 heterocycles. The molecule has 0 aliphatic heterocycles. The van der Waals surface area contributed by atoms with Crippen LogP contribution < -0.4 is 0 Å². The van der Waals surface area contributed by atoms with Crippen LogP contribution >= 0.6 is 0 Å². The third-order valence-electron chi connectivity index (χ3n) is 3.98. The lowest BCUT2D eigenvalue weighted by molar-refractivity contribution is -0.120. The Balaban J connectivity index is 2.43. The van der Waals surface area contributed by atoms with Gasteiger partial charge < -0.3 is 5.11 Å². The predicted octanol–water partition coefficient (Wildman–Crippen LogP) is 4.25. The number of carbonyl (C=O) groups excluding carboxylic acids is 1. The van der Waals surface area contributed by atoms with Crippen molar-refractivity contribution in [3.63, 3.8) is 0 Å². The largest absolute Gasteiger partial charge is 0.507 e. The number of fused-ring (bicyclic) bond motifs is 1. The summed E-state index contributed by atoms with van der Waals surface area (Å²) in [6.45, 7) is 8.54. The van der Waals surface area contributed by atoms with Gasteiger partial charge in [-0.3, -0.25) is 4.79 Å². The SMILES string of the molecule is CC(C)(C)CCC1(C)C(=O)C=C(O)c2ccccc21. The second kappa shape index (κ2) is 4.52. The number of allylic oxidation sites excluding steroid dienone is 1. The zero-order valence-corrected chi connectivity index (χ0v) is 12.2. The van der Waals surface area contributed by atoms with Crippen molar-refractivity contribution in [2.45, 2.75) is 46.0 Å². The second-order valence-electron chi connectivity index (χ2n) is 6.83. The number of aliphatic hydroxyl groups excluding tert-OH is 1. The van der Waals surface area contributed by atoms with E-state index in [0.29, 0.717) is 0 Å². The molecule has 1 aromatic rings. The predicted molar refractivity (Wildman–Crippen MR) is 78.1 cm³/mol. The van der Waals surface area contributed by atoms with E-state index in [-0.39, 0.29) is 17.0 Å². The zero-order chi connectivity index (χ0) is 14.3. The lowest BCUT2D eigenvalue weighted by atomic mass is 9.68. The van der Waals surface area contributed by atoms with E-state index in [2.05, 4.69) is 20.8 Å². The van der Waals surface area contributed by atoms with Crippen LogP contribution in [0, 0.1) is 5.41 Å². The zero-order valence-electron chi connectivity index (χ0n) is 12.2. The summed E-state index contributed by atoms with van der Waals surface area (Å²) in [6, 6.07) is 7.66. The summed E-state index contributed by atoms with van der Waals surface area (Å²) in [5.41, 5.74) is 1.42. The first-order chi connectivity index (χ1) is 8.74. The third kappa shape index (κ3) is 2.58. The van der Waals surface area contributed by atoms with Crippen molar-refractivity contribution in [2.75, 3.05) is 0 Å². The molecule has 2 rings (SSSR count). The number of hydrogen-bond acceptors (Lipinski definition) is 2. The molecule has 0 saturated carbocycles. The number of rotatable bonds is 2. The van der Waals surface area contributed by atoms with Crippen LogP contribution in [0.2, 0.25) is 0 Å². The molecule has 0 fully saturated rings. The average molecular weight is 258 g/mol. The molecule has 0 saturated heterocycles. The molecule has 1 aliphatic rings. The van der Waals surface area contributed by atoms with Crippen molar-refractivity contribution in [1.82, 2.24) is 0 Å². The van der Waals surface area contributed by atoms with Gasteiger partial charge in [0, 0.05) is 11.6 Å². The summed E-state index contributed by atoms with van der Waals surface area (Å²) in [7, 11) is 0. The molecular formula is C17H22O2. The smallest absolute Gasteiger partial charge is 0.169 e. The van der Waals surface area contributed by atoms with Crippen molar-refractivity contribution in [3.8, 4) is 0 Å². The van der Waals surface area contributed by atoms with E-state index >= 15 is 0 Å². The van der Waals surface area contributed by atoms with Crippen molar-refractivity contribution in [2.24, 2.45) is 5.41 Å². The van der Waals surface area contributed by atoms with Crippen LogP contribution in [-0.4, -0.2) is 10.9 Å². The highest BCUT2D eigenvalue weighted by Crippen LogP contribution is 2.41. The van der Waals surface area contributed by atoms with Gasteiger partial charge in [0.1, 0.15) is 5.76 Å². The van der Waals surface area contributed by atoms with Gasteiger partial charge in [0.15, 0.2) is 5.78 Å². The van der Waals surface area contributed by atoms with Gasteiger partial charge in [-0.25, -0.2) is 0 Å². The van der Waals surface area contributed by atoms with Gasteiger partial charge in [0.05, 0.1) is 5.41 Å². The fourth-order valence-electron chi connectivity index (χ4n) is 2.56. The highest BCUT2D eigenvalue weighted by atomic mass is 16.3. The van der Waals surface area contributed by atoms with Crippen LogP contribution in [0.25, 0.3) is 5.76 Å². The normalized spacial score (nSPS) is 22.9. The minimum Gasteiger partial charge on any atom is -0.507 e. The number of benzene rings is 1. The number of hydrogen-bond donors (Lipinski definition) is 1. The van der Waals surface area contributed by atoms with E-state index in [4.69, 9.17) is 0 Å². The Morgan fingerprint density at radius 1 is 1.21 bits per heavy atom. The van der Waals surface area contributed by atoms with E-state index < -0.39 is 5.41 Å². The Labute approximate surface area is 115 Å². The van der Waals surface area contributed by atoms with Crippen LogP contribution in [0.1, 0.15) is 51.7 Å². The van der Waals surface area contributed by atoms with E-state index in [0.717, 1.165) is 24.0 Å².